The van der Waals surface area contributed by atoms with Crippen molar-refractivity contribution in [1.29, 1.82) is 0 Å². The van der Waals surface area contributed by atoms with Crippen LogP contribution in [0.15, 0.2) is 0 Å². The molecule has 0 aliphatic carbocycles. The van der Waals surface area contributed by atoms with Gasteiger partial charge in [0, 0.05) is 6.04 Å². The van der Waals surface area contributed by atoms with Crippen LogP contribution in [-0.4, -0.2) is 17.3 Å². The summed E-state index contributed by atoms with van der Waals surface area (Å²) < 4.78 is 0. The van der Waals surface area contributed by atoms with Gasteiger partial charge in [0.05, 0.1) is 6.10 Å². The maximum atomic E-state index is 9.28. The largest absolute Gasteiger partial charge is 0.393 e. The van der Waals surface area contributed by atoms with Crippen LogP contribution in [0.4, 0.5) is 0 Å². The second-order valence-corrected chi connectivity index (χ2v) is 3.54. The molecule has 12 heavy (non-hydrogen) atoms. The Morgan fingerprint density at radius 3 is 2.33 bits per heavy atom. The Morgan fingerprint density at radius 1 is 1.17 bits per heavy atom. The summed E-state index contributed by atoms with van der Waals surface area (Å²) in [5, 5.41) is 9.28. The van der Waals surface area contributed by atoms with Crippen molar-refractivity contribution in [1.82, 2.24) is 0 Å². The number of unbranched alkanes of at least 4 members (excludes halogenated alkanes) is 1. The van der Waals surface area contributed by atoms with Gasteiger partial charge in [-0.1, -0.05) is 26.7 Å². The summed E-state index contributed by atoms with van der Waals surface area (Å²) in [5.74, 6) is 0. The number of hydrogen-bond donors (Lipinski definition) is 2. The molecule has 0 aliphatic rings. The maximum absolute atomic E-state index is 9.28. The van der Waals surface area contributed by atoms with Crippen LogP contribution >= 0.6 is 0 Å². The van der Waals surface area contributed by atoms with Gasteiger partial charge >= 0.3 is 0 Å². The lowest BCUT2D eigenvalue weighted by Crippen LogP contribution is -2.21. The van der Waals surface area contributed by atoms with E-state index in [4.69, 9.17) is 5.73 Å². The molecule has 0 aromatic rings. The van der Waals surface area contributed by atoms with Crippen LogP contribution in [0, 0.1) is 0 Å². The van der Waals surface area contributed by atoms with Gasteiger partial charge in [-0.2, -0.15) is 0 Å². The van der Waals surface area contributed by atoms with Gasteiger partial charge in [0.1, 0.15) is 0 Å². The smallest absolute Gasteiger partial charge is 0.0538 e. The minimum Gasteiger partial charge on any atom is -0.393 e. The lowest BCUT2D eigenvalue weighted by molar-refractivity contribution is 0.154. The summed E-state index contributed by atoms with van der Waals surface area (Å²) in [5.41, 5.74) is 5.85. The van der Waals surface area contributed by atoms with E-state index < -0.39 is 0 Å². The number of nitrogens with two attached hydrogens (primary N) is 1. The Hall–Kier alpha value is -0.0800. The minimum atomic E-state index is -0.141. The molecule has 0 radical (unpaired) electrons. The summed E-state index contributed by atoms with van der Waals surface area (Å²) in [7, 11) is 0. The summed E-state index contributed by atoms with van der Waals surface area (Å²) in [6, 6.07) is 0.297. The Bertz CT molecular complexity index is 95.8. The van der Waals surface area contributed by atoms with Gasteiger partial charge in [-0.3, -0.25) is 0 Å². The van der Waals surface area contributed by atoms with Crippen LogP contribution in [0.5, 0.6) is 0 Å². The Balaban J connectivity index is 3.24. The van der Waals surface area contributed by atoms with E-state index in [1.54, 1.807) is 0 Å². The van der Waals surface area contributed by atoms with Gasteiger partial charge < -0.3 is 10.8 Å². The highest BCUT2D eigenvalue weighted by Gasteiger charge is 2.05. The molecule has 0 saturated heterocycles. The molecule has 0 aromatic carbocycles. The summed E-state index contributed by atoms with van der Waals surface area (Å²) in [6.45, 7) is 4.18. The highest BCUT2D eigenvalue weighted by Crippen LogP contribution is 2.07. The topological polar surface area (TPSA) is 46.2 Å². The standard InChI is InChI=1S/C10H23NO/c1-3-5-6-9(11)7-8-10(12)4-2/h9-10,12H,3-8,11H2,1-2H3. The first-order valence-electron chi connectivity index (χ1n) is 5.14. The molecule has 74 valence electrons. The quantitative estimate of drug-likeness (QED) is 0.619. The molecule has 0 amide bonds. The normalized spacial score (nSPS) is 16.0. The summed E-state index contributed by atoms with van der Waals surface area (Å²) in [6.07, 6.45) is 6.06. The Kier molecular flexibility index (Phi) is 7.51. The van der Waals surface area contributed by atoms with Crippen molar-refractivity contribution in [2.75, 3.05) is 0 Å². The van der Waals surface area contributed by atoms with Gasteiger partial charge in [-0.15, -0.1) is 0 Å². The van der Waals surface area contributed by atoms with E-state index in [0.717, 1.165) is 25.7 Å². The highest BCUT2D eigenvalue weighted by atomic mass is 16.3. The maximum Gasteiger partial charge on any atom is 0.0538 e. The highest BCUT2D eigenvalue weighted by molar-refractivity contribution is 4.63. The molecule has 0 aliphatic heterocycles. The van der Waals surface area contributed by atoms with Gasteiger partial charge in [-0.05, 0) is 25.7 Å². The third kappa shape index (κ3) is 6.62. The predicted molar refractivity (Wildman–Crippen MR) is 53.0 cm³/mol. The molecule has 0 fully saturated rings. The number of rotatable bonds is 7. The second kappa shape index (κ2) is 7.56. The third-order valence-electron chi connectivity index (χ3n) is 2.27. The van der Waals surface area contributed by atoms with Gasteiger partial charge in [0.2, 0.25) is 0 Å². The molecule has 2 unspecified atom stereocenters. The van der Waals surface area contributed by atoms with Crippen molar-refractivity contribution in [2.45, 2.75) is 64.5 Å². The van der Waals surface area contributed by atoms with Crippen LogP contribution in [0.25, 0.3) is 0 Å². The van der Waals surface area contributed by atoms with Crippen molar-refractivity contribution in [2.24, 2.45) is 5.73 Å². The van der Waals surface area contributed by atoms with E-state index in [1.165, 1.54) is 12.8 Å². The summed E-state index contributed by atoms with van der Waals surface area (Å²) in [4.78, 5) is 0. The zero-order valence-electron chi connectivity index (χ0n) is 8.42. The van der Waals surface area contributed by atoms with E-state index >= 15 is 0 Å². The molecule has 0 spiro atoms. The fourth-order valence-electron chi connectivity index (χ4n) is 1.22. The second-order valence-electron chi connectivity index (χ2n) is 3.54. The van der Waals surface area contributed by atoms with E-state index in [-0.39, 0.29) is 6.10 Å². The van der Waals surface area contributed by atoms with Crippen LogP contribution in [0.2, 0.25) is 0 Å². The molecule has 0 heterocycles. The summed E-state index contributed by atoms with van der Waals surface area (Å²) >= 11 is 0. The molecule has 0 bridgehead atoms. The first-order valence-corrected chi connectivity index (χ1v) is 5.14. The van der Waals surface area contributed by atoms with E-state index in [0.29, 0.717) is 6.04 Å². The van der Waals surface area contributed by atoms with Crippen molar-refractivity contribution in [3.8, 4) is 0 Å². The first kappa shape index (κ1) is 11.9. The van der Waals surface area contributed by atoms with Gasteiger partial charge in [0.15, 0.2) is 0 Å². The molecule has 2 atom stereocenters. The molecule has 0 rings (SSSR count). The minimum absolute atomic E-state index is 0.141. The van der Waals surface area contributed by atoms with Gasteiger partial charge in [0.25, 0.3) is 0 Å². The number of aliphatic hydroxyl groups excluding tert-OH is 1. The van der Waals surface area contributed by atoms with E-state index in [1.807, 2.05) is 6.92 Å². The zero-order chi connectivity index (χ0) is 9.40. The number of hydrogen-bond acceptors (Lipinski definition) is 2. The molecule has 2 nitrogen and oxygen atoms in total. The van der Waals surface area contributed by atoms with Crippen molar-refractivity contribution < 1.29 is 5.11 Å². The number of aliphatic hydroxyl groups is 1. The van der Waals surface area contributed by atoms with Crippen LogP contribution in [-0.2, 0) is 0 Å². The van der Waals surface area contributed by atoms with Gasteiger partial charge in [-0.25, -0.2) is 0 Å². The predicted octanol–water partition coefficient (Wildman–Crippen LogP) is 2.05. The monoisotopic (exact) mass is 173 g/mol. The molecule has 2 heteroatoms. The first-order chi connectivity index (χ1) is 5.70. The van der Waals surface area contributed by atoms with Crippen molar-refractivity contribution >= 4 is 0 Å². The van der Waals surface area contributed by atoms with E-state index in [9.17, 15) is 5.11 Å². The molecule has 3 N–H and O–H groups in total. The van der Waals surface area contributed by atoms with Crippen LogP contribution in [0.3, 0.4) is 0 Å². The lowest BCUT2D eigenvalue weighted by atomic mass is 10.0. The fourth-order valence-corrected chi connectivity index (χ4v) is 1.22. The zero-order valence-corrected chi connectivity index (χ0v) is 8.42. The third-order valence-corrected chi connectivity index (χ3v) is 2.27. The SMILES string of the molecule is CCCCC(N)CCC(O)CC. The average Bonchev–Trinajstić information content (AvgIpc) is 2.10. The van der Waals surface area contributed by atoms with Crippen LogP contribution in [0.1, 0.15) is 52.4 Å². The Labute approximate surface area is 76.2 Å². The molecule has 0 saturated carbocycles. The molecular formula is C10H23NO. The molecular weight excluding hydrogens is 150 g/mol. The van der Waals surface area contributed by atoms with E-state index in [2.05, 4.69) is 6.92 Å². The van der Waals surface area contributed by atoms with Crippen LogP contribution < -0.4 is 5.73 Å². The Morgan fingerprint density at radius 2 is 1.83 bits per heavy atom. The average molecular weight is 173 g/mol. The fraction of sp³-hybridized carbons (Fsp3) is 1.00. The van der Waals surface area contributed by atoms with Crippen molar-refractivity contribution in [3.63, 3.8) is 0 Å². The molecule has 0 aromatic heterocycles. The lowest BCUT2D eigenvalue weighted by Gasteiger charge is -2.12. The van der Waals surface area contributed by atoms with Crippen molar-refractivity contribution in [3.05, 3.63) is 0 Å².